The van der Waals surface area contributed by atoms with Gasteiger partial charge in [-0.05, 0) is 58.6 Å². The van der Waals surface area contributed by atoms with Gasteiger partial charge in [-0.2, -0.15) is 0 Å². The van der Waals surface area contributed by atoms with Crippen molar-refractivity contribution in [3.63, 3.8) is 0 Å². The van der Waals surface area contributed by atoms with Gasteiger partial charge in [0.15, 0.2) is 0 Å². The van der Waals surface area contributed by atoms with E-state index in [9.17, 15) is 0 Å². The topological polar surface area (TPSA) is 0 Å². The monoisotopic (exact) mass is 392 g/mol. The summed E-state index contributed by atoms with van der Waals surface area (Å²) in [5, 5.41) is -0.0810. The highest BCUT2D eigenvalue weighted by molar-refractivity contribution is 9.11. The van der Waals surface area contributed by atoms with Crippen LogP contribution >= 0.6 is 54.8 Å². The number of hydrogen-bond acceptors (Lipinski definition) is 1. The molecule has 4 heteroatoms. The van der Waals surface area contributed by atoms with Crippen LogP contribution in [0, 0.1) is 13.8 Å². The maximum Gasteiger partial charge on any atom is 0.0931 e. The van der Waals surface area contributed by atoms with Crippen molar-refractivity contribution in [1.29, 1.82) is 0 Å². The lowest BCUT2D eigenvalue weighted by atomic mass is 10.0. The predicted molar refractivity (Wildman–Crippen MR) is 83.3 cm³/mol. The highest BCUT2D eigenvalue weighted by Crippen LogP contribution is 2.39. The predicted octanol–water partition coefficient (Wildman–Crippen LogP) is 6.22. The molecule has 2 rings (SSSR count). The maximum atomic E-state index is 6.56. The number of halogens is 3. The standard InChI is InChI=1S/C13H11Br2ClS/c1-7-6-11(17-13(7)15)12(16)9-4-3-5-10(14)8(9)2/h3-6,12H,1-2H3. The minimum atomic E-state index is -0.0810. The molecule has 1 aromatic carbocycles. The van der Waals surface area contributed by atoms with Gasteiger partial charge in [0.1, 0.15) is 0 Å². The van der Waals surface area contributed by atoms with Crippen LogP contribution in [0.2, 0.25) is 0 Å². The van der Waals surface area contributed by atoms with Crippen molar-refractivity contribution in [2.75, 3.05) is 0 Å². The van der Waals surface area contributed by atoms with Crippen LogP contribution in [-0.2, 0) is 0 Å². The molecular weight excluding hydrogens is 383 g/mol. The molecule has 0 amide bonds. The van der Waals surface area contributed by atoms with Crippen molar-refractivity contribution in [3.05, 3.63) is 54.1 Å². The third-order valence-corrected chi connectivity index (χ3v) is 6.37. The average molecular weight is 395 g/mol. The van der Waals surface area contributed by atoms with Gasteiger partial charge in [-0.3, -0.25) is 0 Å². The van der Waals surface area contributed by atoms with Crippen LogP contribution in [0.4, 0.5) is 0 Å². The van der Waals surface area contributed by atoms with Crippen LogP contribution in [-0.4, -0.2) is 0 Å². The fourth-order valence-corrected chi connectivity index (χ4v) is 4.04. The zero-order chi connectivity index (χ0) is 12.6. The Morgan fingerprint density at radius 1 is 1.24 bits per heavy atom. The van der Waals surface area contributed by atoms with Gasteiger partial charge in [0.25, 0.3) is 0 Å². The van der Waals surface area contributed by atoms with E-state index in [0.717, 1.165) is 13.8 Å². The number of benzene rings is 1. The molecule has 90 valence electrons. The van der Waals surface area contributed by atoms with Gasteiger partial charge in [-0.25, -0.2) is 0 Å². The molecule has 0 aliphatic carbocycles. The summed E-state index contributed by atoms with van der Waals surface area (Å²) < 4.78 is 2.26. The van der Waals surface area contributed by atoms with Crippen LogP contribution in [0.1, 0.15) is 26.9 Å². The molecule has 0 N–H and O–H groups in total. The van der Waals surface area contributed by atoms with Crippen molar-refractivity contribution in [3.8, 4) is 0 Å². The molecule has 1 heterocycles. The van der Waals surface area contributed by atoms with Gasteiger partial charge < -0.3 is 0 Å². The molecule has 0 spiro atoms. The van der Waals surface area contributed by atoms with Crippen LogP contribution in [0.25, 0.3) is 0 Å². The van der Waals surface area contributed by atoms with E-state index < -0.39 is 0 Å². The Hall–Kier alpha value is 0.170. The molecule has 0 bridgehead atoms. The zero-order valence-corrected chi connectivity index (χ0v) is 14.2. The van der Waals surface area contributed by atoms with Crippen LogP contribution in [0.5, 0.6) is 0 Å². The number of thiophene rings is 1. The van der Waals surface area contributed by atoms with Crippen LogP contribution in [0.15, 0.2) is 32.5 Å². The first-order chi connectivity index (χ1) is 8.00. The van der Waals surface area contributed by atoms with E-state index in [4.69, 9.17) is 11.6 Å². The van der Waals surface area contributed by atoms with Crippen molar-refractivity contribution < 1.29 is 0 Å². The van der Waals surface area contributed by atoms with Gasteiger partial charge >= 0.3 is 0 Å². The molecular formula is C13H11Br2ClS. The van der Waals surface area contributed by atoms with E-state index in [0.29, 0.717) is 0 Å². The van der Waals surface area contributed by atoms with E-state index in [2.05, 4.69) is 57.8 Å². The second-order valence-corrected chi connectivity index (χ2v) is 7.61. The van der Waals surface area contributed by atoms with Crippen LogP contribution < -0.4 is 0 Å². The molecule has 1 aromatic heterocycles. The van der Waals surface area contributed by atoms with Crippen molar-refractivity contribution in [2.45, 2.75) is 19.2 Å². The Kier molecular flexibility index (Phi) is 4.35. The summed E-state index contributed by atoms with van der Waals surface area (Å²) in [7, 11) is 0. The lowest BCUT2D eigenvalue weighted by molar-refractivity contribution is 1.13. The summed E-state index contributed by atoms with van der Waals surface area (Å²) in [6, 6.07) is 8.29. The molecule has 0 aliphatic rings. The molecule has 1 unspecified atom stereocenters. The van der Waals surface area contributed by atoms with E-state index >= 15 is 0 Å². The SMILES string of the molecule is Cc1cc(C(Cl)c2cccc(Br)c2C)sc1Br. The van der Waals surface area contributed by atoms with Gasteiger partial charge in [-0.15, -0.1) is 22.9 Å². The molecule has 1 atom stereocenters. The Morgan fingerprint density at radius 2 is 1.94 bits per heavy atom. The first-order valence-corrected chi connectivity index (χ1v) is 7.99. The van der Waals surface area contributed by atoms with Crippen molar-refractivity contribution >= 4 is 54.8 Å². The Morgan fingerprint density at radius 3 is 2.53 bits per heavy atom. The van der Waals surface area contributed by atoms with Gasteiger partial charge in [0, 0.05) is 9.35 Å². The van der Waals surface area contributed by atoms with Crippen molar-refractivity contribution in [1.82, 2.24) is 0 Å². The van der Waals surface area contributed by atoms with Crippen molar-refractivity contribution in [2.24, 2.45) is 0 Å². The number of rotatable bonds is 2. The number of hydrogen-bond donors (Lipinski definition) is 0. The maximum absolute atomic E-state index is 6.56. The zero-order valence-electron chi connectivity index (χ0n) is 9.43. The van der Waals surface area contributed by atoms with E-state index in [1.807, 2.05) is 12.1 Å². The smallest absolute Gasteiger partial charge is 0.0931 e. The Balaban J connectivity index is 2.43. The summed E-state index contributed by atoms with van der Waals surface area (Å²) in [6.07, 6.45) is 0. The van der Waals surface area contributed by atoms with Gasteiger partial charge in [0.05, 0.1) is 9.16 Å². The first kappa shape index (κ1) is 13.6. The minimum Gasteiger partial charge on any atom is -0.131 e. The molecule has 0 aliphatic heterocycles. The molecule has 17 heavy (non-hydrogen) atoms. The fourth-order valence-electron chi connectivity index (χ4n) is 1.66. The lowest BCUT2D eigenvalue weighted by Gasteiger charge is -2.12. The molecule has 0 fully saturated rings. The van der Waals surface area contributed by atoms with Gasteiger partial charge in [0.2, 0.25) is 0 Å². The second kappa shape index (κ2) is 5.43. The fraction of sp³-hybridized carbons (Fsp3) is 0.231. The number of aryl methyl sites for hydroxylation is 1. The summed E-state index contributed by atoms with van der Waals surface area (Å²) in [5.41, 5.74) is 3.60. The summed E-state index contributed by atoms with van der Waals surface area (Å²) in [5.74, 6) is 0. The molecule has 0 saturated heterocycles. The Bertz CT molecular complexity index is 529. The summed E-state index contributed by atoms with van der Waals surface area (Å²) in [4.78, 5) is 1.18. The molecule has 0 saturated carbocycles. The average Bonchev–Trinajstić information content (AvgIpc) is 2.62. The van der Waals surface area contributed by atoms with Crippen LogP contribution in [0.3, 0.4) is 0 Å². The first-order valence-electron chi connectivity index (χ1n) is 5.15. The van der Waals surface area contributed by atoms with E-state index in [1.54, 1.807) is 11.3 Å². The summed E-state index contributed by atoms with van der Waals surface area (Å²) >= 11 is 15.3. The molecule has 0 nitrogen and oxygen atoms in total. The highest BCUT2D eigenvalue weighted by atomic mass is 79.9. The lowest BCUT2D eigenvalue weighted by Crippen LogP contribution is -1.94. The molecule has 2 aromatic rings. The largest absolute Gasteiger partial charge is 0.131 e. The van der Waals surface area contributed by atoms with Gasteiger partial charge in [-0.1, -0.05) is 28.1 Å². The summed E-state index contributed by atoms with van der Waals surface area (Å²) in [6.45, 7) is 4.17. The third-order valence-electron chi connectivity index (χ3n) is 2.71. The quantitative estimate of drug-likeness (QED) is 0.531. The van der Waals surface area contributed by atoms with E-state index in [1.165, 1.54) is 16.0 Å². The normalized spacial score (nSPS) is 12.8. The second-order valence-electron chi connectivity index (χ2n) is 3.92. The number of alkyl halides is 1. The third kappa shape index (κ3) is 2.78. The minimum absolute atomic E-state index is 0.0810. The Labute approximate surface area is 127 Å². The highest BCUT2D eigenvalue weighted by Gasteiger charge is 2.17. The molecule has 0 radical (unpaired) electrons. The van der Waals surface area contributed by atoms with E-state index in [-0.39, 0.29) is 5.38 Å².